The third-order valence-electron chi connectivity index (χ3n) is 2.24. The number of thiophene rings is 1. The van der Waals surface area contributed by atoms with Crippen LogP contribution in [0.1, 0.15) is 6.92 Å². The van der Waals surface area contributed by atoms with Gasteiger partial charge in [0.25, 0.3) is 10.0 Å². The van der Waals surface area contributed by atoms with E-state index in [0.717, 1.165) is 15.8 Å². The van der Waals surface area contributed by atoms with Gasteiger partial charge in [-0.2, -0.15) is 0 Å². The lowest BCUT2D eigenvalue weighted by Gasteiger charge is -2.11. The molecule has 7 heteroatoms. The summed E-state index contributed by atoms with van der Waals surface area (Å²) < 4.78 is 33.3. The predicted octanol–water partition coefficient (Wildman–Crippen LogP) is 3.71. The number of sulfonamides is 1. The minimum absolute atomic E-state index is 0.255. The summed E-state index contributed by atoms with van der Waals surface area (Å²) in [6.07, 6.45) is 0. The molecule has 0 saturated carbocycles. The molecule has 0 atom stereocenters. The standard InChI is InChI=1S/C12H12BrNO3S2/c1-2-17-11-6-4-3-5-10(11)14-19(15,16)12-7-9(13)8-18-12/h3-8,14H,2H2,1H3. The fraction of sp³-hybridized carbons (Fsp3) is 0.167. The van der Waals surface area contributed by atoms with Crippen molar-refractivity contribution in [2.45, 2.75) is 11.1 Å². The number of nitrogens with one attached hydrogen (secondary N) is 1. The van der Waals surface area contributed by atoms with Crippen LogP contribution < -0.4 is 9.46 Å². The maximum Gasteiger partial charge on any atom is 0.271 e. The maximum absolute atomic E-state index is 12.2. The molecule has 1 aromatic carbocycles. The highest BCUT2D eigenvalue weighted by atomic mass is 79.9. The topological polar surface area (TPSA) is 55.4 Å². The molecule has 0 aliphatic heterocycles. The van der Waals surface area contributed by atoms with Gasteiger partial charge in [-0.05, 0) is 41.1 Å². The zero-order valence-corrected chi connectivity index (χ0v) is 13.3. The zero-order valence-electron chi connectivity index (χ0n) is 10.1. The number of ether oxygens (including phenoxy) is 1. The second-order valence-corrected chi connectivity index (χ2v) is 7.35. The van der Waals surface area contributed by atoms with E-state index >= 15 is 0 Å². The number of benzene rings is 1. The Balaban J connectivity index is 2.30. The van der Waals surface area contributed by atoms with Crippen LogP contribution in [0.4, 0.5) is 5.69 Å². The van der Waals surface area contributed by atoms with E-state index in [1.54, 1.807) is 35.7 Å². The van der Waals surface area contributed by atoms with Crippen LogP contribution in [-0.4, -0.2) is 15.0 Å². The molecule has 19 heavy (non-hydrogen) atoms. The van der Waals surface area contributed by atoms with Gasteiger partial charge in [-0.15, -0.1) is 11.3 Å². The lowest BCUT2D eigenvalue weighted by Crippen LogP contribution is -2.12. The van der Waals surface area contributed by atoms with Crippen molar-refractivity contribution >= 4 is 43.0 Å². The first-order chi connectivity index (χ1) is 9.03. The van der Waals surface area contributed by atoms with Crippen molar-refractivity contribution in [2.75, 3.05) is 11.3 Å². The van der Waals surface area contributed by atoms with E-state index in [1.807, 2.05) is 6.92 Å². The number of halogens is 1. The smallest absolute Gasteiger partial charge is 0.271 e. The van der Waals surface area contributed by atoms with Crippen molar-refractivity contribution in [3.63, 3.8) is 0 Å². The minimum Gasteiger partial charge on any atom is -0.492 e. The van der Waals surface area contributed by atoms with Gasteiger partial charge in [0.2, 0.25) is 0 Å². The molecule has 0 unspecified atom stereocenters. The van der Waals surface area contributed by atoms with Crippen molar-refractivity contribution in [3.8, 4) is 5.75 Å². The van der Waals surface area contributed by atoms with Crippen LogP contribution in [0.15, 0.2) is 44.4 Å². The van der Waals surface area contributed by atoms with Crippen LogP contribution in [0, 0.1) is 0 Å². The first kappa shape index (κ1) is 14.4. The van der Waals surface area contributed by atoms with Gasteiger partial charge in [0.15, 0.2) is 0 Å². The van der Waals surface area contributed by atoms with Gasteiger partial charge >= 0.3 is 0 Å². The van der Waals surface area contributed by atoms with Crippen LogP contribution in [0.25, 0.3) is 0 Å². The SMILES string of the molecule is CCOc1ccccc1NS(=O)(=O)c1cc(Br)cs1. The maximum atomic E-state index is 12.2. The number of rotatable bonds is 5. The Bertz CT molecular complexity index is 667. The Hall–Kier alpha value is -1.05. The van der Waals surface area contributed by atoms with E-state index in [0.29, 0.717) is 18.0 Å². The summed E-state index contributed by atoms with van der Waals surface area (Å²) in [6.45, 7) is 2.32. The molecule has 1 N–H and O–H groups in total. The Morgan fingerprint density at radius 2 is 2.11 bits per heavy atom. The van der Waals surface area contributed by atoms with E-state index in [2.05, 4.69) is 20.7 Å². The molecule has 0 spiro atoms. The summed E-state index contributed by atoms with van der Waals surface area (Å²) >= 11 is 4.40. The number of hydrogen-bond donors (Lipinski definition) is 1. The van der Waals surface area contributed by atoms with E-state index in [-0.39, 0.29) is 4.21 Å². The summed E-state index contributed by atoms with van der Waals surface area (Å²) in [4.78, 5) is 0. The number of para-hydroxylation sites is 2. The number of anilines is 1. The highest BCUT2D eigenvalue weighted by Gasteiger charge is 2.18. The molecule has 0 bridgehead atoms. The molecule has 0 aliphatic carbocycles. The summed E-state index contributed by atoms with van der Waals surface area (Å²) in [5.74, 6) is 0.518. The highest BCUT2D eigenvalue weighted by Crippen LogP contribution is 2.29. The van der Waals surface area contributed by atoms with Gasteiger partial charge < -0.3 is 4.74 Å². The lowest BCUT2D eigenvalue weighted by atomic mass is 10.3. The molecule has 102 valence electrons. The van der Waals surface area contributed by atoms with Gasteiger partial charge in [-0.3, -0.25) is 4.72 Å². The molecule has 1 aromatic heterocycles. The molecule has 0 amide bonds. The third kappa shape index (κ3) is 3.49. The summed E-state index contributed by atoms with van der Waals surface area (Å²) in [5, 5.41) is 1.73. The fourth-order valence-electron chi connectivity index (χ4n) is 1.46. The highest BCUT2D eigenvalue weighted by molar-refractivity contribution is 9.10. The fourth-order valence-corrected chi connectivity index (χ4v) is 4.38. The van der Waals surface area contributed by atoms with Crippen LogP contribution in [0.5, 0.6) is 5.75 Å². The minimum atomic E-state index is -3.57. The molecule has 4 nitrogen and oxygen atoms in total. The van der Waals surface area contributed by atoms with Crippen molar-refractivity contribution < 1.29 is 13.2 Å². The zero-order chi connectivity index (χ0) is 13.9. The van der Waals surface area contributed by atoms with Crippen molar-refractivity contribution in [1.82, 2.24) is 0 Å². The first-order valence-corrected chi connectivity index (χ1v) is 8.67. The molecule has 0 fully saturated rings. The van der Waals surface area contributed by atoms with Gasteiger partial charge in [-0.25, -0.2) is 8.42 Å². The van der Waals surface area contributed by atoms with Crippen LogP contribution in [0.3, 0.4) is 0 Å². The van der Waals surface area contributed by atoms with Gasteiger partial charge in [0, 0.05) is 9.85 Å². The summed E-state index contributed by atoms with van der Waals surface area (Å²) in [6, 6.07) is 8.52. The molecule has 2 rings (SSSR count). The first-order valence-electron chi connectivity index (χ1n) is 5.51. The van der Waals surface area contributed by atoms with Crippen molar-refractivity contribution in [3.05, 3.63) is 40.2 Å². The van der Waals surface area contributed by atoms with Crippen molar-refractivity contribution in [1.29, 1.82) is 0 Å². The molecular weight excluding hydrogens is 350 g/mol. The second kappa shape index (κ2) is 5.94. The van der Waals surface area contributed by atoms with E-state index in [9.17, 15) is 8.42 Å². The average Bonchev–Trinajstić information content (AvgIpc) is 2.79. The van der Waals surface area contributed by atoms with Crippen LogP contribution in [0.2, 0.25) is 0 Å². The van der Waals surface area contributed by atoms with E-state index in [4.69, 9.17) is 4.74 Å². The largest absolute Gasteiger partial charge is 0.492 e. The Labute approximate surface area is 124 Å². The molecule has 1 heterocycles. The third-order valence-corrected chi connectivity index (χ3v) is 5.81. The molecular formula is C12H12BrNO3S2. The van der Waals surface area contributed by atoms with Gasteiger partial charge in [0.1, 0.15) is 9.96 Å². The van der Waals surface area contributed by atoms with Crippen molar-refractivity contribution in [2.24, 2.45) is 0 Å². The average molecular weight is 362 g/mol. The Morgan fingerprint density at radius 3 is 2.74 bits per heavy atom. The van der Waals surface area contributed by atoms with Crippen LogP contribution in [-0.2, 0) is 10.0 Å². The monoisotopic (exact) mass is 361 g/mol. The summed E-state index contributed by atoms with van der Waals surface area (Å²) in [7, 11) is -3.57. The van der Waals surface area contributed by atoms with Gasteiger partial charge in [-0.1, -0.05) is 12.1 Å². The molecule has 0 aliphatic rings. The van der Waals surface area contributed by atoms with E-state index in [1.165, 1.54) is 0 Å². The second-order valence-electron chi connectivity index (χ2n) is 3.62. The normalized spacial score (nSPS) is 11.3. The molecule has 0 saturated heterocycles. The quantitative estimate of drug-likeness (QED) is 0.882. The predicted molar refractivity (Wildman–Crippen MR) is 80.4 cm³/mol. The van der Waals surface area contributed by atoms with Crippen LogP contribution >= 0.6 is 27.3 Å². The summed E-state index contributed by atoms with van der Waals surface area (Å²) in [5.41, 5.74) is 0.439. The lowest BCUT2D eigenvalue weighted by molar-refractivity contribution is 0.342. The molecule has 2 aromatic rings. The number of hydrogen-bond acceptors (Lipinski definition) is 4. The van der Waals surface area contributed by atoms with E-state index < -0.39 is 10.0 Å². The Morgan fingerprint density at radius 1 is 1.37 bits per heavy atom. The molecule has 0 radical (unpaired) electrons. The van der Waals surface area contributed by atoms with Gasteiger partial charge in [0.05, 0.1) is 12.3 Å². The Kier molecular flexibility index (Phi) is 4.49.